The maximum absolute atomic E-state index is 12.4. The van der Waals surface area contributed by atoms with Crippen LogP contribution in [-0.2, 0) is 4.79 Å². The summed E-state index contributed by atoms with van der Waals surface area (Å²) < 4.78 is 0. The number of carbonyl (C=O) groups excluding carboxylic acids is 1. The molecule has 0 spiro atoms. The number of phenols is 1. The number of likely N-dealkylation sites (N-methyl/N-ethyl adjacent to an activating group) is 1. The molecule has 0 unspecified atom stereocenters. The third kappa shape index (κ3) is 5.31. The van der Waals surface area contributed by atoms with Crippen LogP contribution in [0.4, 0.5) is 10.5 Å². The highest BCUT2D eigenvalue weighted by molar-refractivity contribution is 5.96. The van der Waals surface area contributed by atoms with Crippen LogP contribution in [0, 0.1) is 0 Å². The molecule has 1 aromatic carbocycles. The first-order valence-corrected chi connectivity index (χ1v) is 6.36. The molecule has 1 rings (SSSR count). The average Bonchev–Trinajstić information content (AvgIpc) is 2.34. The Hall–Kier alpha value is -2.28. The Morgan fingerprint density at radius 1 is 1.19 bits per heavy atom. The van der Waals surface area contributed by atoms with Gasteiger partial charge in [-0.3, -0.25) is 9.69 Å². The zero-order valence-electron chi connectivity index (χ0n) is 12.3. The predicted molar refractivity (Wildman–Crippen MR) is 77.4 cm³/mol. The molecule has 1 aromatic rings. The number of benzene rings is 1. The molecule has 116 valence electrons. The zero-order valence-corrected chi connectivity index (χ0v) is 12.3. The van der Waals surface area contributed by atoms with Gasteiger partial charge in [0.25, 0.3) is 0 Å². The van der Waals surface area contributed by atoms with Gasteiger partial charge < -0.3 is 20.2 Å². The second kappa shape index (κ2) is 6.45. The summed E-state index contributed by atoms with van der Waals surface area (Å²) in [4.78, 5) is 25.6. The first kappa shape index (κ1) is 16.8. The quantitative estimate of drug-likeness (QED) is 0.755. The van der Waals surface area contributed by atoms with Crippen LogP contribution in [0.5, 0.6) is 5.75 Å². The van der Waals surface area contributed by atoms with Gasteiger partial charge in [0, 0.05) is 12.7 Å². The molecule has 0 atom stereocenters. The highest BCUT2D eigenvalue weighted by atomic mass is 16.4. The van der Waals surface area contributed by atoms with Gasteiger partial charge in [-0.25, -0.2) is 4.79 Å². The summed E-state index contributed by atoms with van der Waals surface area (Å²) in [5, 5.41) is 28.0. The number of nitrogens with zero attached hydrogens (tertiary/aromatic N) is 2. The van der Waals surface area contributed by atoms with Crippen LogP contribution >= 0.6 is 0 Å². The van der Waals surface area contributed by atoms with Crippen molar-refractivity contribution in [2.45, 2.75) is 19.4 Å². The SMILES string of the molecule is CN(CC(C)(C)O)C(=O)N(CC(=O)O)c1ccc(O)cc1. The number of amides is 2. The summed E-state index contributed by atoms with van der Waals surface area (Å²) in [5.41, 5.74) is -0.739. The van der Waals surface area contributed by atoms with E-state index in [0.717, 1.165) is 4.90 Å². The number of phenolic OH excluding ortho intramolecular Hbond substituents is 1. The van der Waals surface area contributed by atoms with Crippen LogP contribution in [-0.4, -0.2) is 58.0 Å². The number of carboxylic acids is 1. The molecule has 3 N–H and O–H groups in total. The van der Waals surface area contributed by atoms with Gasteiger partial charge in [0.05, 0.1) is 12.1 Å². The lowest BCUT2D eigenvalue weighted by Crippen LogP contribution is -2.48. The van der Waals surface area contributed by atoms with Gasteiger partial charge in [0.1, 0.15) is 12.3 Å². The number of urea groups is 1. The Bertz CT molecular complexity index is 507. The number of rotatable bonds is 5. The Kier molecular flexibility index (Phi) is 5.15. The third-order valence-electron chi connectivity index (χ3n) is 2.64. The summed E-state index contributed by atoms with van der Waals surface area (Å²) in [7, 11) is 1.48. The van der Waals surface area contributed by atoms with E-state index in [1.54, 1.807) is 13.8 Å². The van der Waals surface area contributed by atoms with E-state index in [1.165, 1.54) is 36.2 Å². The third-order valence-corrected chi connectivity index (χ3v) is 2.64. The van der Waals surface area contributed by atoms with Crippen LogP contribution in [0.3, 0.4) is 0 Å². The number of carboxylic acid groups (broad SMARTS) is 1. The molecule has 0 heterocycles. The molecule has 0 aliphatic rings. The van der Waals surface area contributed by atoms with E-state index in [9.17, 15) is 19.8 Å². The minimum Gasteiger partial charge on any atom is -0.508 e. The van der Waals surface area contributed by atoms with Crippen molar-refractivity contribution in [2.24, 2.45) is 0 Å². The highest BCUT2D eigenvalue weighted by Crippen LogP contribution is 2.20. The Labute approximate surface area is 123 Å². The second-order valence-corrected chi connectivity index (χ2v) is 5.45. The average molecular weight is 296 g/mol. The number of hydrogen-bond acceptors (Lipinski definition) is 4. The fraction of sp³-hybridized carbons (Fsp3) is 0.429. The molecule has 0 aliphatic carbocycles. The lowest BCUT2D eigenvalue weighted by Gasteiger charge is -2.30. The van der Waals surface area contributed by atoms with Gasteiger partial charge in [-0.05, 0) is 38.1 Å². The lowest BCUT2D eigenvalue weighted by atomic mass is 10.1. The molecule has 7 heteroatoms. The minimum atomic E-state index is -1.16. The monoisotopic (exact) mass is 296 g/mol. The normalized spacial score (nSPS) is 11.0. The minimum absolute atomic E-state index is 0.0197. The van der Waals surface area contributed by atoms with Gasteiger partial charge >= 0.3 is 12.0 Å². The fourth-order valence-electron chi connectivity index (χ4n) is 1.89. The highest BCUT2D eigenvalue weighted by Gasteiger charge is 2.26. The number of carbonyl (C=O) groups is 2. The molecule has 2 amide bonds. The summed E-state index contributed by atoms with van der Waals surface area (Å²) in [5.74, 6) is -1.14. The Morgan fingerprint density at radius 3 is 2.14 bits per heavy atom. The molecule has 0 bridgehead atoms. The molecule has 0 saturated carbocycles. The molecule has 7 nitrogen and oxygen atoms in total. The van der Waals surface area contributed by atoms with Crippen molar-refractivity contribution in [1.29, 1.82) is 0 Å². The zero-order chi connectivity index (χ0) is 16.2. The van der Waals surface area contributed by atoms with Crippen LogP contribution < -0.4 is 4.90 Å². The number of aliphatic hydroxyl groups is 1. The number of hydrogen-bond donors (Lipinski definition) is 3. The van der Waals surface area contributed by atoms with Crippen molar-refractivity contribution < 1.29 is 24.9 Å². The van der Waals surface area contributed by atoms with Crippen molar-refractivity contribution in [2.75, 3.05) is 25.0 Å². The van der Waals surface area contributed by atoms with E-state index in [-0.39, 0.29) is 12.3 Å². The summed E-state index contributed by atoms with van der Waals surface area (Å²) >= 11 is 0. The van der Waals surface area contributed by atoms with E-state index in [2.05, 4.69) is 0 Å². The van der Waals surface area contributed by atoms with E-state index in [4.69, 9.17) is 5.11 Å². The molecule has 21 heavy (non-hydrogen) atoms. The van der Waals surface area contributed by atoms with Gasteiger partial charge in [0.2, 0.25) is 0 Å². The molecular weight excluding hydrogens is 276 g/mol. The van der Waals surface area contributed by atoms with Crippen molar-refractivity contribution in [3.05, 3.63) is 24.3 Å². The maximum atomic E-state index is 12.4. The van der Waals surface area contributed by atoms with Crippen LogP contribution in [0.15, 0.2) is 24.3 Å². The molecular formula is C14H20N2O5. The summed E-state index contributed by atoms with van der Waals surface area (Å²) in [6.07, 6.45) is 0. The van der Waals surface area contributed by atoms with Gasteiger partial charge in [0.15, 0.2) is 0 Å². The number of aliphatic carboxylic acids is 1. The second-order valence-electron chi connectivity index (χ2n) is 5.45. The molecule has 0 aliphatic heterocycles. The smallest absolute Gasteiger partial charge is 0.324 e. The molecule has 0 saturated heterocycles. The van der Waals surface area contributed by atoms with E-state index in [0.29, 0.717) is 5.69 Å². The van der Waals surface area contributed by atoms with Crippen LogP contribution in [0.25, 0.3) is 0 Å². The predicted octanol–water partition coefficient (Wildman–Crippen LogP) is 1.11. The molecule has 0 radical (unpaired) electrons. The van der Waals surface area contributed by atoms with Crippen LogP contribution in [0.2, 0.25) is 0 Å². The van der Waals surface area contributed by atoms with Crippen molar-refractivity contribution in [3.8, 4) is 5.75 Å². The largest absolute Gasteiger partial charge is 0.508 e. The van der Waals surface area contributed by atoms with Crippen molar-refractivity contribution >= 4 is 17.7 Å². The summed E-state index contributed by atoms with van der Waals surface area (Å²) in [6, 6.07) is 5.09. The standard InChI is InChI=1S/C14H20N2O5/c1-14(2,21)9-15(3)13(20)16(8-12(18)19)10-4-6-11(17)7-5-10/h4-7,17,21H,8-9H2,1-3H3,(H,18,19). The fourth-order valence-corrected chi connectivity index (χ4v) is 1.89. The maximum Gasteiger partial charge on any atom is 0.324 e. The van der Waals surface area contributed by atoms with E-state index < -0.39 is 24.1 Å². The molecule has 0 fully saturated rings. The first-order chi connectivity index (χ1) is 9.60. The van der Waals surface area contributed by atoms with Gasteiger partial charge in [-0.2, -0.15) is 0 Å². The van der Waals surface area contributed by atoms with Crippen LogP contribution in [0.1, 0.15) is 13.8 Å². The summed E-state index contributed by atoms with van der Waals surface area (Å²) in [6.45, 7) is 2.65. The van der Waals surface area contributed by atoms with Gasteiger partial charge in [-0.1, -0.05) is 0 Å². The lowest BCUT2D eigenvalue weighted by molar-refractivity contribution is -0.135. The van der Waals surface area contributed by atoms with E-state index >= 15 is 0 Å². The molecule has 0 aromatic heterocycles. The number of anilines is 1. The Morgan fingerprint density at radius 2 is 1.71 bits per heavy atom. The number of aromatic hydroxyl groups is 1. The van der Waals surface area contributed by atoms with Gasteiger partial charge in [-0.15, -0.1) is 0 Å². The Balaban J connectivity index is 2.99. The topological polar surface area (TPSA) is 101 Å². The first-order valence-electron chi connectivity index (χ1n) is 6.36. The van der Waals surface area contributed by atoms with Crippen molar-refractivity contribution in [1.82, 2.24) is 4.90 Å². The van der Waals surface area contributed by atoms with E-state index in [1.807, 2.05) is 0 Å². The van der Waals surface area contributed by atoms with Crippen molar-refractivity contribution in [3.63, 3.8) is 0 Å².